The second-order valence-corrected chi connectivity index (χ2v) is 7.30. The van der Waals surface area contributed by atoms with Crippen molar-refractivity contribution in [2.45, 2.75) is 23.0 Å². The molecule has 6 heteroatoms. The van der Waals surface area contributed by atoms with Gasteiger partial charge in [0.25, 0.3) is 0 Å². The van der Waals surface area contributed by atoms with Gasteiger partial charge in [0.15, 0.2) is 0 Å². The van der Waals surface area contributed by atoms with Crippen molar-refractivity contribution in [1.82, 2.24) is 4.72 Å². The molecule has 2 rings (SSSR count). The fraction of sp³-hybridized carbons (Fsp3) is 0.417. The molecule has 96 valence electrons. The molecule has 1 fully saturated rings. The lowest BCUT2D eigenvalue weighted by Gasteiger charge is -2.10. The summed E-state index contributed by atoms with van der Waals surface area (Å²) in [4.78, 5) is 0.157. The highest BCUT2D eigenvalue weighted by atomic mass is 32.2. The van der Waals surface area contributed by atoms with Crippen molar-refractivity contribution in [2.24, 2.45) is 0 Å². The Kier molecular flexibility index (Phi) is 4.27. The van der Waals surface area contributed by atoms with E-state index in [1.165, 1.54) is 12.1 Å². The van der Waals surface area contributed by atoms with Crippen molar-refractivity contribution in [3.8, 4) is 6.07 Å². The summed E-state index contributed by atoms with van der Waals surface area (Å²) in [7, 11) is -3.49. The van der Waals surface area contributed by atoms with Crippen LogP contribution >= 0.6 is 11.8 Å². The maximum absolute atomic E-state index is 12.0. The minimum absolute atomic E-state index is 0.157. The van der Waals surface area contributed by atoms with Gasteiger partial charge in [0.2, 0.25) is 10.0 Å². The molecule has 1 aromatic rings. The van der Waals surface area contributed by atoms with E-state index >= 15 is 0 Å². The SMILES string of the molecule is N#Cc1cccc(S(=O)(=O)NCC2CCCS2)c1. The number of thioether (sulfide) groups is 1. The maximum Gasteiger partial charge on any atom is 0.240 e. The van der Waals surface area contributed by atoms with Gasteiger partial charge in [-0.15, -0.1) is 0 Å². The van der Waals surface area contributed by atoms with Crippen LogP contribution in [0.1, 0.15) is 18.4 Å². The Bertz CT molecular complexity index is 558. The fourth-order valence-corrected chi connectivity index (χ4v) is 4.26. The third kappa shape index (κ3) is 3.25. The minimum atomic E-state index is -3.49. The Labute approximate surface area is 111 Å². The van der Waals surface area contributed by atoms with Crippen LogP contribution in [0.5, 0.6) is 0 Å². The van der Waals surface area contributed by atoms with Crippen molar-refractivity contribution < 1.29 is 8.42 Å². The highest BCUT2D eigenvalue weighted by Gasteiger charge is 2.20. The van der Waals surface area contributed by atoms with E-state index in [0.717, 1.165) is 18.6 Å². The summed E-state index contributed by atoms with van der Waals surface area (Å²) in [5.41, 5.74) is 0.355. The average molecular weight is 282 g/mol. The lowest BCUT2D eigenvalue weighted by molar-refractivity contribution is 0.579. The fourth-order valence-electron chi connectivity index (χ4n) is 1.82. The van der Waals surface area contributed by atoms with Gasteiger partial charge in [0.05, 0.1) is 16.5 Å². The normalized spacial score (nSPS) is 19.6. The van der Waals surface area contributed by atoms with E-state index in [9.17, 15) is 8.42 Å². The molecule has 0 bridgehead atoms. The van der Waals surface area contributed by atoms with Crippen LogP contribution in [0.3, 0.4) is 0 Å². The van der Waals surface area contributed by atoms with Gasteiger partial charge in [-0.2, -0.15) is 17.0 Å². The molecule has 1 saturated heterocycles. The number of nitrogens with zero attached hydrogens (tertiary/aromatic N) is 1. The van der Waals surface area contributed by atoms with Crippen molar-refractivity contribution >= 4 is 21.8 Å². The number of sulfonamides is 1. The van der Waals surface area contributed by atoms with Gasteiger partial charge in [-0.05, 0) is 36.8 Å². The second kappa shape index (κ2) is 5.74. The largest absolute Gasteiger partial charge is 0.240 e. The molecule has 1 aliphatic rings. The summed E-state index contributed by atoms with van der Waals surface area (Å²) >= 11 is 1.81. The lowest BCUT2D eigenvalue weighted by Crippen LogP contribution is -2.29. The first-order valence-corrected chi connectivity index (χ1v) is 8.26. The summed E-state index contributed by atoms with van der Waals surface area (Å²) in [5, 5.41) is 9.14. The summed E-state index contributed by atoms with van der Waals surface area (Å²) in [6.45, 7) is 0.462. The molecule has 1 N–H and O–H groups in total. The first-order valence-electron chi connectivity index (χ1n) is 5.73. The van der Waals surface area contributed by atoms with Crippen LogP contribution < -0.4 is 4.72 Å². The average Bonchev–Trinajstić information content (AvgIpc) is 2.90. The van der Waals surface area contributed by atoms with Crippen molar-refractivity contribution in [3.63, 3.8) is 0 Å². The van der Waals surface area contributed by atoms with Gasteiger partial charge in [0, 0.05) is 11.8 Å². The van der Waals surface area contributed by atoms with Crippen LogP contribution in [0.2, 0.25) is 0 Å². The molecule has 0 amide bonds. The van der Waals surface area contributed by atoms with Gasteiger partial charge in [0.1, 0.15) is 0 Å². The van der Waals surface area contributed by atoms with Crippen molar-refractivity contribution in [3.05, 3.63) is 29.8 Å². The Morgan fingerprint density at radius 2 is 2.33 bits per heavy atom. The Balaban J connectivity index is 2.07. The first-order chi connectivity index (χ1) is 8.62. The molecule has 0 aromatic heterocycles. The lowest BCUT2D eigenvalue weighted by atomic mass is 10.2. The van der Waals surface area contributed by atoms with Crippen LogP contribution in [-0.4, -0.2) is 26.0 Å². The molecule has 1 heterocycles. The van der Waals surface area contributed by atoms with Crippen LogP contribution in [-0.2, 0) is 10.0 Å². The molecular weight excluding hydrogens is 268 g/mol. The number of hydrogen-bond donors (Lipinski definition) is 1. The van der Waals surface area contributed by atoms with Gasteiger partial charge in [-0.1, -0.05) is 6.07 Å². The molecule has 1 aromatic carbocycles. The minimum Gasteiger partial charge on any atom is -0.210 e. The van der Waals surface area contributed by atoms with Gasteiger partial charge >= 0.3 is 0 Å². The van der Waals surface area contributed by atoms with E-state index in [1.54, 1.807) is 23.9 Å². The molecule has 0 aliphatic carbocycles. The van der Waals surface area contributed by atoms with E-state index in [-0.39, 0.29) is 4.90 Å². The topological polar surface area (TPSA) is 70.0 Å². The van der Waals surface area contributed by atoms with Crippen LogP contribution in [0.15, 0.2) is 29.2 Å². The van der Waals surface area contributed by atoms with E-state index in [4.69, 9.17) is 5.26 Å². The van der Waals surface area contributed by atoms with E-state index in [1.807, 2.05) is 6.07 Å². The molecule has 0 spiro atoms. The van der Waals surface area contributed by atoms with Gasteiger partial charge in [-0.25, -0.2) is 13.1 Å². The standard InChI is InChI=1S/C12H14N2O2S2/c13-8-10-3-1-5-12(7-10)18(15,16)14-9-11-4-2-6-17-11/h1,3,5,7,11,14H,2,4,6,9H2. The molecule has 18 heavy (non-hydrogen) atoms. The van der Waals surface area contributed by atoms with E-state index in [0.29, 0.717) is 17.4 Å². The number of nitriles is 1. The van der Waals surface area contributed by atoms with Crippen molar-refractivity contribution in [2.75, 3.05) is 12.3 Å². The van der Waals surface area contributed by atoms with E-state index < -0.39 is 10.0 Å². The Hall–Kier alpha value is -1.03. The molecular formula is C12H14N2O2S2. The summed E-state index contributed by atoms with van der Waals surface area (Å²) in [6, 6.07) is 8.01. The third-order valence-corrected chi connectivity index (χ3v) is 5.62. The molecule has 4 nitrogen and oxygen atoms in total. The van der Waals surface area contributed by atoms with Crippen molar-refractivity contribution in [1.29, 1.82) is 5.26 Å². The first kappa shape index (κ1) is 13.4. The third-order valence-electron chi connectivity index (χ3n) is 2.80. The van der Waals surface area contributed by atoms with Crippen LogP contribution in [0.4, 0.5) is 0 Å². The zero-order valence-electron chi connectivity index (χ0n) is 9.80. The summed E-state index contributed by atoms with van der Waals surface area (Å²) in [5.74, 6) is 1.11. The Morgan fingerprint density at radius 3 is 3.00 bits per heavy atom. The monoisotopic (exact) mass is 282 g/mol. The number of benzene rings is 1. The second-order valence-electron chi connectivity index (χ2n) is 4.13. The number of rotatable bonds is 4. The Morgan fingerprint density at radius 1 is 1.50 bits per heavy atom. The summed E-state index contributed by atoms with van der Waals surface area (Å²) in [6.07, 6.45) is 2.21. The highest BCUT2D eigenvalue weighted by Crippen LogP contribution is 2.25. The van der Waals surface area contributed by atoms with Crippen LogP contribution in [0, 0.1) is 11.3 Å². The molecule has 1 unspecified atom stereocenters. The zero-order chi connectivity index (χ0) is 13.0. The number of nitrogens with one attached hydrogen (secondary N) is 1. The van der Waals surface area contributed by atoms with Gasteiger partial charge < -0.3 is 0 Å². The van der Waals surface area contributed by atoms with Crippen LogP contribution in [0.25, 0.3) is 0 Å². The molecule has 0 radical (unpaired) electrons. The number of hydrogen-bond acceptors (Lipinski definition) is 4. The zero-order valence-corrected chi connectivity index (χ0v) is 11.4. The van der Waals surface area contributed by atoms with Gasteiger partial charge in [-0.3, -0.25) is 0 Å². The predicted molar refractivity (Wildman–Crippen MR) is 71.8 cm³/mol. The van der Waals surface area contributed by atoms with E-state index in [2.05, 4.69) is 4.72 Å². The summed E-state index contributed by atoms with van der Waals surface area (Å²) < 4.78 is 26.7. The highest BCUT2D eigenvalue weighted by molar-refractivity contribution is 8.00. The molecule has 1 aliphatic heterocycles. The molecule has 1 atom stereocenters. The molecule has 0 saturated carbocycles. The quantitative estimate of drug-likeness (QED) is 0.913. The maximum atomic E-state index is 12.0. The predicted octanol–water partition coefficient (Wildman–Crippen LogP) is 1.73. The smallest absolute Gasteiger partial charge is 0.210 e.